The standard InChI is InChI=1S/C20H32O3/c1-15(2)9-7-11-16(3)10-5-6-12-17-13-8-14-18(21)19(17)20(22)23-4/h8,13-16,21H,5-7,9-12H2,1-4H3/t16-/m1/s1. The number of phenolic OH excluding ortho intramolecular Hbond substituents is 1. The van der Waals surface area contributed by atoms with Gasteiger partial charge in [0, 0.05) is 0 Å². The SMILES string of the molecule is COC(=O)c1c(O)cccc1CCCC[C@@H](C)CCCC(C)C. The summed E-state index contributed by atoms with van der Waals surface area (Å²) in [6.45, 7) is 6.88. The van der Waals surface area contributed by atoms with E-state index < -0.39 is 5.97 Å². The molecule has 1 atom stereocenters. The smallest absolute Gasteiger partial charge is 0.341 e. The molecule has 0 aliphatic heterocycles. The summed E-state index contributed by atoms with van der Waals surface area (Å²) in [4.78, 5) is 11.8. The highest BCUT2D eigenvalue weighted by Crippen LogP contribution is 2.24. The first kappa shape index (κ1) is 19.5. The van der Waals surface area contributed by atoms with E-state index >= 15 is 0 Å². The summed E-state index contributed by atoms with van der Waals surface area (Å²) >= 11 is 0. The van der Waals surface area contributed by atoms with Gasteiger partial charge in [-0.15, -0.1) is 0 Å². The van der Waals surface area contributed by atoms with Crippen molar-refractivity contribution in [2.45, 2.75) is 65.7 Å². The summed E-state index contributed by atoms with van der Waals surface area (Å²) in [5, 5.41) is 9.88. The predicted molar refractivity (Wildman–Crippen MR) is 94.9 cm³/mol. The van der Waals surface area contributed by atoms with E-state index in [0.29, 0.717) is 5.56 Å². The van der Waals surface area contributed by atoms with Crippen molar-refractivity contribution in [1.29, 1.82) is 0 Å². The van der Waals surface area contributed by atoms with Crippen LogP contribution in [0.15, 0.2) is 18.2 Å². The maximum atomic E-state index is 11.8. The lowest BCUT2D eigenvalue weighted by Crippen LogP contribution is -2.06. The van der Waals surface area contributed by atoms with Gasteiger partial charge in [-0.3, -0.25) is 0 Å². The fourth-order valence-electron chi connectivity index (χ4n) is 2.96. The van der Waals surface area contributed by atoms with Crippen LogP contribution in [0.3, 0.4) is 0 Å². The molecule has 1 aromatic rings. The van der Waals surface area contributed by atoms with Gasteiger partial charge in [0.25, 0.3) is 0 Å². The van der Waals surface area contributed by atoms with Crippen molar-refractivity contribution < 1.29 is 14.6 Å². The number of rotatable bonds is 10. The molecule has 0 fully saturated rings. The summed E-state index contributed by atoms with van der Waals surface area (Å²) in [5.74, 6) is 1.11. The van der Waals surface area contributed by atoms with Gasteiger partial charge < -0.3 is 9.84 Å². The van der Waals surface area contributed by atoms with Crippen molar-refractivity contribution >= 4 is 5.97 Å². The van der Waals surface area contributed by atoms with Crippen LogP contribution in [0.2, 0.25) is 0 Å². The number of carbonyl (C=O) groups is 1. The van der Waals surface area contributed by atoms with Gasteiger partial charge in [0.1, 0.15) is 11.3 Å². The highest BCUT2D eigenvalue weighted by atomic mass is 16.5. The molecule has 0 aromatic heterocycles. The Morgan fingerprint density at radius 3 is 2.43 bits per heavy atom. The number of hydrogen-bond donors (Lipinski definition) is 1. The molecule has 0 amide bonds. The average Bonchev–Trinajstić information content (AvgIpc) is 2.50. The third-order valence-electron chi connectivity index (χ3n) is 4.39. The first-order chi connectivity index (χ1) is 11.0. The molecule has 0 aliphatic carbocycles. The highest BCUT2D eigenvalue weighted by Gasteiger charge is 2.16. The van der Waals surface area contributed by atoms with Crippen LogP contribution in [0.25, 0.3) is 0 Å². The second-order valence-electron chi connectivity index (χ2n) is 6.98. The van der Waals surface area contributed by atoms with Gasteiger partial charge in [-0.05, 0) is 36.3 Å². The summed E-state index contributed by atoms with van der Waals surface area (Å²) in [7, 11) is 1.34. The molecule has 3 heteroatoms. The van der Waals surface area contributed by atoms with Gasteiger partial charge in [-0.1, -0.05) is 65.0 Å². The van der Waals surface area contributed by atoms with Crippen LogP contribution in [-0.4, -0.2) is 18.2 Å². The molecule has 0 saturated heterocycles. The van der Waals surface area contributed by atoms with Gasteiger partial charge in [-0.2, -0.15) is 0 Å². The Bertz CT molecular complexity index is 480. The van der Waals surface area contributed by atoms with Gasteiger partial charge in [-0.25, -0.2) is 4.79 Å². The number of carbonyl (C=O) groups excluding carboxylic acids is 1. The predicted octanol–water partition coefficient (Wildman–Crippen LogP) is 5.35. The fraction of sp³-hybridized carbons (Fsp3) is 0.650. The maximum Gasteiger partial charge on any atom is 0.341 e. The number of aromatic hydroxyl groups is 1. The quantitative estimate of drug-likeness (QED) is 0.466. The number of esters is 1. The number of unbranched alkanes of at least 4 members (excludes halogenated alkanes) is 1. The van der Waals surface area contributed by atoms with Crippen LogP contribution in [0.1, 0.15) is 75.2 Å². The molecule has 0 spiro atoms. The molecule has 1 aromatic carbocycles. The van der Waals surface area contributed by atoms with Crippen molar-refractivity contribution in [1.82, 2.24) is 0 Å². The van der Waals surface area contributed by atoms with Gasteiger partial charge in [0.15, 0.2) is 0 Å². The Morgan fingerprint density at radius 1 is 1.09 bits per heavy atom. The second-order valence-corrected chi connectivity index (χ2v) is 6.98. The van der Waals surface area contributed by atoms with Gasteiger partial charge in [0.2, 0.25) is 0 Å². The molecule has 3 nitrogen and oxygen atoms in total. The van der Waals surface area contributed by atoms with Crippen molar-refractivity contribution in [3.63, 3.8) is 0 Å². The van der Waals surface area contributed by atoms with E-state index in [2.05, 4.69) is 20.8 Å². The lowest BCUT2D eigenvalue weighted by atomic mass is 9.94. The Hall–Kier alpha value is -1.51. The number of benzene rings is 1. The van der Waals surface area contributed by atoms with Crippen LogP contribution in [0, 0.1) is 11.8 Å². The largest absolute Gasteiger partial charge is 0.507 e. The van der Waals surface area contributed by atoms with Crippen LogP contribution in [0.5, 0.6) is 5.75 Å². The van der Waals surface area contributed by atoms with E-state index in [-0.39, 0.29) is 5.75 Å². The number of ether oxygens (including phenoxy) is 1. The molecule has 0 radical (unpaired) electrons. The second kappa shape index (κ2) is 10.3. The number of hydrogen-bond acceptors (Lipinski definition) is 3. The molecular formula is C20H32O3. The third kappa shape index (κ3) is 7.06. The molecule has 1 rings (SSSR count). The lowest BCUT2D eigenvalue weighted by Gasteiger charge is -2.13. The minimum absolute atomic E-state index is 0.0106. The van der Waals surface area contributed by atoms with Crippen molar-refractivity contribution in [3.05, 3.63) is 29.3 Å². The zero-order valence-electron chi connectivity index (χ0n) is 15.1. The number of phenols is 1. The molecule has 23 heavy (non-hydrogen) atoms. The van der Waals surface area contributed by atoms with Gasteiger partial charge in [0.05, 0.1) is 7.11 Å². The molecule has 0 aliphatic rings. The van der Waals surface area contributed by atoms with E-state index in [4.69, 9.17) is 4.74 Å². The van der Waals surface area contributed by atoms with Crippen LogP contribution in [-0.2, 0) is 11.2 Å². The van der Waals surface area contributed by atoms with E-state index in [1.807, 2.05) is 6.07 Å². The minimum Gasteiger partial charge on any atom is -0.507 e. The molecular weight excluding hydrogens is 288 g/mol. The van der Waals surface area contributed by atoms with E-state index in [1.54, 1.807) is 6.07 Å². The van der Waals surface area contributed by atoms with Crippen LogP contribution in [0.4, 0.5) is 0 Å². The average molecular weight is 320 g/mol. The molecule has 130 valence electrons. The Labute approximate surface area is 141 Å². The zero-order valence-corrected chi connectivity index (χ0v) is 15.1. The molecule has 0 bridgehead atoms. The zero-order chi connectivity index (χ0) is 17.2. The molecule has 1 N–H and O–H groups in total. The summed E-state index contributed by atoms with van der Waals surface area (Å²) < 4.78 is 4.77. The highest BCUT2D eigenvalue weighted by molar-refractivity contribution is 5.94. The first-order valence-electron chi connectivity index (χ1n) is 8.84. The molecule has 0 unspecified atom stereocenters. The number of methoxy groups -OCH3 is 1. The Balaban J connectivity index is 2.39. The Morgan fingerprint density at radius 2 is 1.78 bits per heavy atom. The van der Waals surface area contributed by atoms with E-state index in [1.165, 1.54) is 38.9 Å². The van der Waals surface area contributed by atoms with E-state index in [0.717, 1.165) is 36.7 Å². The van der Waals surface area contributed by atoms with Crippen molar-refractivity contribution in [3.8, 4) is 5.75 Å². The summed E-state index contributed by atoms with van der Waals surface area (Å²) in [6, 6.07) is 5.22. The topological polar surface area (TPSA) is 46.5 Å². The molecule has 0 heterocycles. The van der Waals surface area contributed by atoms with E-state index in [9.17, 15) is 9.90 Å². The fourth-order valence-corrected chi connectivity index (χ4v) is 2.96. The van der Waals surface area contributed by atoms with Crippen LogP contribution < -0.4 is 0 Å². The number of aryl methyl sites for hydroxylation is 1. The third-order valence-corrected chi connectivity index (χ3v) is 4.39. The van der Waals surface area contributed by atoms with Crippen molar-refractivity contribution in [2.24, 2.45) is 11.8 Å². The van der Waals surface area contributed by atoms with Gasteiger partial charge >= 0.3 is 5.97 Å². The monoisotopic (exact) mass is 320 g/mol. The Kier molecular flexibility index (Phi) is 8.75. The maximum absolute atomic E-state index is 11.8. The van der Waals surface area contributed by atoms with Crippen LogP contribution >= 0.6 is 0 Å². The molecule has 0 saturated carbocycles. The first-order valence-corrected chi connectivity index (χ1v) is 8.84. The summed E-state index contributed by atoms with van der Waals surface area (Å²) in [5.41, 5.74) is 1.20. The lowest BCUT2D eigenvalue weighted by molar-refractivity contribution is 0.0596. The van der Waals surface area contributed by atoms with Crippen molar-refractivity contribution in [2.75, 3.05) is 7.11 Å². The normalized spacial score (nSPS) is 12.4. The summed E-state index contributed by atoms with van der Waals surface area (Å²) in [6.07, 6.45) is 8.15. The minimum atomic E-state index is -0.458.